The van der Waals surface area contributed by atoms with Crippen LogP contribution in [0.15, 0.2) is 23.2 Å². The molecule has 27 heavy (non-hydrogen) atoms. The fourth-order valence-corrected chi connectivity index (χ4v) is 3.06. The van der Waals surface area contributed by atoms with Gasteiger partial charge in [0.05, 0.1) is 19.3 Å². The van der Waals surface area contributed by atoms with Crippen molar-refractivity contribution in [2.75, 3.05) is 26.9 Å². The molecule has 1 unspecified atom stereocenters. The topological polar surface area (TPSA) is 59.9 Å². The van der Waals surface area contributed by atoms with Gasteiger partial charge in [0, 0.05) is 24.2 Å². The number of rotatable bonds is 7. The van der Waals surface area contributed by atoms with Crippen LogP contribution in [-0.2, 0) is 4.74 Å². The fourth-order valence-electron chi connectivity index (χ4n) is 3.06. The zero-order valence-corrected chi connectivity index (χ0v) is 15.3. The van der Waals surface area contributed by atoms with Crippen LogP contribution in [0.3, 0.4) is 0 Å². The van der Waals surface area contributed by atoms with Gasteiger partial charge in [-0.25, -0.2) is 0 Å². The Bertz CT molecular complexity index is 725. The molecular formula is C19H23F3N2O3. The molecule has 1 saturated heterocycles. The number of aliphatic imine (C=N–C) groups is 1. The van der Waals surface area contributed by atoms with Crippen molar-refractivity contribution in [3.05, 3.63) is 29.3 Å². The Balaban J connectivity index is 1.77. The Labute approximate surface area is 155 Å². The minimum absolute atomic E-state index is 0.126. The van der Waals surface area contributed by atoms with Gasteiger partial charge in [-0.15, -0.1) is 0 Å². The van der Waals surface area contributed by atoms with Crippen molar-refractivity contribution in [2.45, 2.75) is 37.9 Å². The van der Waals surface area contributed by atoms with Gasteiger partial charge in [0.2, 0.25) is 0 Å². The van der Waals surface area contributed by atoms with E-state index >= 15 is 0 Å². The number of nitrogens with one attached hydrogen (secondary N) is 1. The van der Waals surface area contributed by atoms with Crippen LogP contribution >= 0.6 is 0 Å². The predicted octanol–water partition coefficient (Wildman–Crippen LogP) is 3.34. The number of ether oxygens (including phenoxy) is 2. The second kappa shape index (κ2) is 7.50. The van der Waals surface area contributed by atoms with Gasteiger partial charge in [0.15, 0.2) is 6.61 Å². The highest BCUT2D eigenvalue weighted by Crippen LogP contribution is 2.44. The van der Waals surface area contributed by atoms with Crippen molar-refractivity contribution in [3.63, 3.8) is 0 Å². The van der Waals surface area contributed by atoms with Gasteiger partial charge in [0.1, 0.15) is 5.75 Å². The first-order valence-electron chi connectivity index (χ1n) is 8.86. The Morgan fingerprint density at radius 1 is 1.44 bits per heavy atom. The van der Waals surface area contributed by atoms with E-state index in [2.05, 4.69) is 10.3 Å². The molecule has 1 heterocycles. The zero-order chi connectivity index (χ0) is 19.7. The number of halogens is 3. The zero-order valence-electron chi connectivity index (χ0n) is 15.3. The largest absolute Gasteiger partial charge is 0.484 e. The van der Waals surface area contributed by atoms with Crippen LogP contribution in [0.1, 0.15) is 41.6 Å². The van der Waals surface area contributed by atoms with Crippen molar-refractivity contribution in [2.24, 2.45) is 10.4 Å². The first-order chi connectivity index (χ1) is 12.7. The SMILES string of the molecule is CN=CC(NC(=O)c1ccc(C2CC2)c(OCC(F)(F)F)c1)C1(C)COC1. The van der Waals surface area contributed by atoms with E-state index in [1.807, 2.05) is 6.92 Å². The van der Waals surface area contributed by atoms with E-state index in [-0.39, 0.29) is 34.6 Å². The molecule has 1 aromatic carbocycles. The summed E-state index contributed by atoms with van der Waals surface area (Å²) in [5.74, 6) is -0.0510. The molecule has 148 valence electrons. The van der Waals surface area contributed by atoms with Crippen LogP contribution < -0.4 is 10.1 Å². The molecule has 1 aromatic rings. The Morgan fingerprint density at radius 3 is 2.67 bits per heavy atom. The third-order valence-corrected chi connectivity index (χ3v) is 4.88. The molecule has 0 aromatic heterocycles. The summed E-state index contributed by atoms with van der Waals surface area (Å²) < 4.78 is 47.9. The molecule has 5 nitrogen and oxygen atoms in total. The highest BCUT2D eigenvalue weighted by molar-refractivity contribution is 5.96. The minimum Gasteiger partial charge on any atom is -0.484 e. The van der Waals surface area contributed by atoms with Gasteiger partial charge in [0.25, 0.3) is 5.91 Å². The van der Waals surface area contributed by atoms with Gasteiger partial charge in [-0.3, -0.25) is 9.79 Å². The molecule has 1 N–H and O–H groups in total. The van der Waals surface area contributed by atoms with Crippen LogP contribution in [-0.4, -0.2) is 51.2 Å². The third-order valence-electron chi connectivity index (χ3n) is 4.88. The van der Waals surface area contributed by atoms with Crippen molar-refractivity contribution in [1.82, 2.24) is 5.32 Å². The lowest BCUT2D eigenvalue weighted by atomic mass is 9.80. The number of carbonyl (C=O) groups is 1. The van der Waals surface area contributed by atoms with Crippen molar-refractivity contribution in [1.29, 1.82) is 0 Å². The lowest BCUT2D eigenvalue weighted by Crippen LogP contribution is -2.57. The van der Waals surface area contributed by atoms with E-state index in [1.54, 1.807) is 25.4 Å². The average molecular weight is 384 g/mol. The van der Waals surface area contributed by atoms with E-state index in [1.165, 1.54) is 6.07 Å². The minimum atomic E-state index is -4.43. The first-order valence-corrected chi connectivity index (χ1v) is 8.86. The van der Waals surface area contributed by atoms with Crippen LogP contribution in [0.25, 0.3) is 0 Å². The summed E-state index contributed by atoms with van der Waals surface area (Å²) in [7, 11) is 1.62. The predicted molar refractivity (Wildman–Crippen MR) is 94.6 cm³/mol. The Kier molecular flexibility index (Phi) is 5.46. The molecule has 1 amide bonds. The van der Waals surface area contributed by atoms with E-state index in [0.717, 1.165) is 18.4 Å². The molecule has 2 fully saturated rings. The van der Waals surface area contributed by atoms with E-state index in [4.69, 9.17) is 9.47 Å². The summed E-state index contributed by atoms with van der Waals surface area (Å²) in [5.41, 5.74) is 0.732. The number of carbonyl (C=O) groups excluding carboxylic acids is 1. The lowest BCUT2D eigenvalue weighted by Gasteiger charge is -2.43. The number of hydrogen-bond donors (Lipinski definition) is 1. The molecule has 0 spiro atoms. The van der Waals surface area contributed by atoms with Gasteiger partial charge in [-0.05, 0) is 36.5 Å². The van der Waals surface area contributed by atoms with Crippen LogP contribution in [0.5, 0.6) is 5.75 Å². The van der Waals surface area contributed by atoms with Crippen LogP contribution in [0.2, 0.25) is 0 Å². The second-order valence-corrected chi connectivity index (χ2v) is 7.44. The summed E-state index contributed by atoms with van der Waals surface area (Å²) in [5, 5.41) is 2.89. The average Bonchev–Trinajstić information content (AvgIpc) is 3.41. The number of hydrogen-bond acceptors (Lipinski definition) is 4. The number of benzene rings is 1. The van der Waals surface area contributed by atoms with E-state index in [9.17, 15) is 18.0 Å². The van der Waals surface area contributed by atoms with Crippen LogP contribution in [0, 0.1) is 5.41 Å². The Morgan fingerprint density at radius 2 is 2.15 bits per heavy atom. The monoisotopic (exact) mass is 384 g/mol. The molecular weight excluding hydrogens is 361 g/mol. The maximum absolute atomic E-state index is 12.7. The van der Waals surface area contributed by atoms with Crippen molar-refractivity contribution in [3.8, 4) is 5.75 Å². The number of nitrogens with zero attached hydrogens (tertiary/aromatic N) is 1. The highest BCUT2D eigenvalue weighted by Gasteiger charge is 2.41. The van der Waals surface area contributed by atoms with E-state index < -0.39 is 12.8 Å². The molecule has 1 aliphatic heterocycles. The smallest absolute Gasteiger partial charge is 0.422 e. The maximum Gasteiger partial charge on any atom is 0.422 e. The summed E-state index contributed by atoms with van der Waals surface area (Å²) in [4.78, 5) is 16.7. The summed E-state index contributed by atoms with van der Waals surface area (Å²) in [6, 6.07) is 4.39. The van der Waals surface area contributed by atoms with Crippen LogP contribution in [0.4, 0.5) is 13.2 Å². The maximum atomic E-state index is 12.7. The number of amides is 1. The molecule has 0 radical (unpaired) electrons. The molecule has 1 saturated carbocycles. The molecule has 2 aliphatic rings. The van der Waals surface area contributed by atoms with Gasteiger partial charge in [-0.2, -0.15) is 13.2 Å². The van der Waals surface area contributed by atoms with Crippen molar-refractivity contribution < 1.29 is 27.4 Å². The summed E-state index contributed by atoms with van der Waals surface area (Å²) in [6.45, 7) is 1.62. The number of alkyl halides is 3. The molecule has 8 heteroatoms. The Hall–Kier alpha value is -2.09. The summed E-state index contributed by atoms with van der Waals surface area (Å²) in [6.07, 6.45) is -0.941. The third kappa shape index (κ3) is 4.80. The standard InChI is InChI=1S/C19H23F3N2O3/c1-18(9-26-10-18)16(8-23-2)24-17(25)13-5-6-14(12-3-4-12)15(7-13)27-11-19(20,21)22/h5-8,12,16H,3-4,9-11H2,1-2H3,(H,24,25). The van der Waals surface area contributed by atoms with Crippen molar-refractivity contribution >= 4 is 12.1 Å². The lowest BCUT2D eigenvalue weighted by molar-refractivity contribution is -0.153. The van der Waals surface area contributed by atoms with Gasteiger partial charge < -0.3 is 14.8 Å². The van der Waals surface area contributed by atoms with Gasteiger partial charge >= 0.3 is 6.18 Å². The molecule has 3 rings (SSSR count). The quantitative estimate of drug-likeness (QED) is 0.734. The first kappa shape index (κ1) is 19.7. The highest BCUT2D eigenvalue weighted by atomic mass is 19.4. The normalized spacial score (nSPS) is 20.2. The summed E-state index contributed by atoms with van der Waals surface area (Å²) >= 11 is 0. The molecule has 1 atom stereocenters. The fraction of sp³-hybridized carbons (Fsp3) is 0.579. The van der Waals surface area contributed by atoms with Gasteiger partial charge in [-0.1, -0.05) is 13.0 Å². The van der Waals surface area contributed by atoms with E-state index in [0.29, 0.717) is 13.2 Å². The molecule has 0 bridgehead atoms. The second-order valence-electron chi connectivity index (χ2n) is 7.44. The molecule has 1 aliphatic carbocycles.